The normalized spacial score (nSPS) is 25.2. The van der Waals surface area contributed by atoms with Gasteiger partial charge in [0.15, 0.2) is 0 Å². The second-order valence-corrected chi connectivity index (χ2v) is 3.69. The molecule has 0 aromatic rings. The molecule has 0 aromatic carbocycles. The van der Waals surface area contributed by atoms with E-state index in [9.17, 15) is 18.4 Å². The van der Waals surface area contributed by atoms with Gasteiger partial charge in [0.25, 0.3) is 0 Å². The Morgan fingerprint density at radius 2 is 1.69 bits per heavy atom. The molecule has 0 saturated heterocycles. The van der Waals surface area contributed by atoms with Crippen molar-refractivity contribution < 1.29 is 18.4 Å². The number of ketones is 1. The van der Waals surface area contributed by atoms with Gasteiger partial charge in [0, 0.05) is 12.8 Å². The first kappa shape index (κ1) is 10.3. The van der Waals surface area contributed by atoms with Gasteiger partial charge >= 0.3 is 0 Å². The van der Waals surface area contributed by atoms with Crippen LogP contribution < -0.4 is 0 Å². The van der Waals surface area contributed by atoms with Crippen LogP contribution in [0.5, 0.6) is 0 Å². The molecule has 1 aliphatic carbocycles. The molecule has 1 rings (SSSR count). The average molecular weight is 190 g/mol. The SMILES string of the molecule is CC(=O)C1(C=O)CCC(F)(F)CC1. The van der Waals surface area contributed by atoms with Crippen LogP contribution in [0, 0.1) is 5.41 Å². The van der Waals surface area contributed by atoms with Crippen molar-refractivity contribution in [2.75, 3.05) is 0 Å². The molecule has 0 unspecified atom stereocenters. The van der Waals surface area contributed by atoms with Gasteiger partial charge in [-0.3, -0.25) is 4.79 Å². The molecule has 0 spiro atoms. The molecule has 1 fully saturated rings. The van der Waals surface area contributed by atoms with E-state index < -0.39 is 11.3 Å². The molecule has 74 valence electrons. The predicted molar refractivity (Wildman–Crippen MR) is 42.6 cm³/mol. The van der Waals surface area contributed by atoms with Gasteiger partial charge in [-0.15, -0.1) is 0 Å². The molecule has 0 radical (unpaired) electrons. The summed E-state index contributed by atoms with van der Waals surface area (Å²) in [7, 11) is 0. The van der Waals surface area contributed by atoms with Gasteiger partial charge in [-0.1, -0.05) is 0 Å². The van der Waals surface area contributed by atoms with Gasteiger partial charge in [-0.25, -0.2) is 8.78 Å². The highest BCUT2D eigenvalue weighted by molar-refractivity contribution is 5.96. The van der Waals surface area contributed by atoms with Crippen LogP contribution in [-0.4, -0.2) is 18.0 Å². The van der Waals surface area contributed by atoms with Crippen molar-refractivity contribution >= 4 is 12.1 Å². The Balaban J connectivity index is 2.75. The first-order valence-electron chi connectivity index (χ1n) is 4.27. The molecule has 1 aliphatic rings. The number of hydrogen-bond acceptors (Lipinski definition) is 2. The van der Waals surface area contributed by atoms with Crippen LogP contribution in [-0.2, 0) is 9.59 Å². The van der Waals surface area contributed by atoms with Crippen LogP contribution in [0.3, 0.4) is 0 Å². The summed E-state index contributed by atoms with van der Waals surface area (Å²) in [6, 6.07) is 0. The summed E-state index contributed by atoms with van der Waals surface area (Å²) in [6.45, 7) is 1.29. The number of carbonyl (C=O) groups is 2. The van der Waals surface area contributed by atoms with E-state index in [1.807, 2.05) is 0 Å². The van der Waals surface area contributed by atoms with E-state index in [0.717, 1.165) is 0 Å². The van der Waals surface area contributed by atoms with Gasteiger partial charge in [-0.05, 0) is 19.8 Å². The summed E-state index contributed by atoms with van der Waals surface area (Å²) in [5.74, 6) is -2.99. The Morgan fingerprint density at radius 3 is 2.00 bits per heavy atom. The minimum absolute atomic E-state index is 0.0150. The maximum atomic E-state index is 12.7. The molecule has 0 amide bonds. The van der Waals surface area contributed by atoms with Crippen LogP contribution in [0.1, 0.15) is 32.6 Å². The molecule has 0 aliphatic heterocycles. The number of carbonyl (C=O) groups excluding carboxylic acids is 2. The van der Waals surface area contributed by atoms with Crippen LogP contribution in [0.15, 0.2) is 0 Å². The minimum atomic E-state index is -2.69. The second-order valence-electron chi connectivity index (χ2n) is 3.69. The molecule has 0 atom stereocenters. The van der Waals surface area contributed by atoms with E-state index in [4.69, 9.17) is 0 Å². The molecule has 0 N–H and O–H groups in total. The number of aldehydes is 1. The summed E-state index contributed by atoms with van der Waals surface area (Å²) in [6.07, 6.45) is -0.209. The first-order chi connectivity index (χ1) is 5.92. The molecule has 0 bridgehead atoms. The van der Waals surface area contributed by atoms with Crippen LogP contribution >= 0.6 is 0 Å². The Kier molecular flexibility index (Phi) is 2.50. The van der Waals surface area contributed by atoms with E-state index in [-0.39, 0.29) is 31.5 Å². The Hall–Kier alpha value is -0.800. The van der Waals surface area contributed by atoms with E-state index in [1.54, 1.807) is 0 Å². The summed E-state index contributed by atoms with van der Waals surface area (Å²) >= 11 is 0. The number of Topliss-reactive ketones (excluding diaryl/α,β-unsaturated/α-hetero) is 1. The zero-order valence-corrected chi connectivity index (χ0v) is 7.48. The van der Waals surface area contributed by atoms with Crippen LogP contribution in [0.4, 0.5) is 8.78 Å². The highest BCUT2D eigenvalue weighted by atomic mass is 19.3. The van der Waals surface area contributed by atoms with Crippen LogP contribution in [0.2, 0.25) is 0 Å². The fraction of sp³-hybridized carbons (Fsp3) is 0.778. The quantitative estimate of drug-likeness (QED) is 0.492. The molecule has 4 heteroatoms. The second kappa shape index (κ2) is 3.16. The van der Waals surface area contributed by atoms with Crippen LogP contribution in [0.25, 0.3) is 0 Å². The fourth-order valence-electron chi connectivity index (χ4n) is 1.61. The topological polar surface area (TPSA) is 34.1 Å². The third-order valence-corrected chi connectivity index (χ3v) is 2.80. The van der Waals surface area contributed by atoms with E-state index in [0.29, 0.717) is 6.29 Å². The maximum absolute atomic E-state index is 12.7. The fourth-order valence-corrected chi connectivity index (χ4v) is 1.61. The largest absolute Gasteiger partial charge is 0.302 e. The van der Waals surface area contributed by atoms with Gasteiger partial charge < -0.3 is 4.79 Å². The molecular weight excluding hydrogens is 178 g/mol. The summed E-state index contributed by atoms with van der Waals surface area (Å²) in [5.41, 5.74) is -1.12. The van der Waals surface area contributed by atoms with Crippen molar-refractivity contribution in [1.82, 2.24) is 0 Å². The molecule has 0 aromatic heterocycles. The Bertz CT molecular complexity index is 226. The third-order valence-electron chi connectivity index (χ3n) is 2.80. The lowest BCUT2D eigenvalue weighted by Crippen LogP contribution is -2.39. The van der Waals surface area contributed by atoms with Gasteiger partial charge in [0.2, 0.25) is 5.92 Å². The third kappa shape index (κ3) is 1.92. The molecule has 13 heavy (non-hydrogen) atoms. The van der Waals surface area contributed by atoms with Crippen molar-refractivity contribution in [3.8, 4) is 0 Å². The highest BCUT2D eigenvalue weighted by Gasteiger charge is 2.45. The zero-order chi connectivity index (χ0) is 10.1. The number of hydrogen-bond donors (Lipinski definition) is 0. The number of rotatable bonds is 2. The Morgan fingerprint density at radius 1 is 1.23 bits per heavy atom. The van der Waals surface area contributed by atoms with Gasteiger partial charge in [-0.2, -0.15) is 0 Å². The smallest absolute Gasteiger partial charge is 0.248 e. The lowest BCUT2D eigenvalue weighted by atomic mass is 9.71. The highest BCUT2D eigenvalue weighted by Crippen LogP contribution is 2.42. The summed E-state index contributed by atoms with van der Waals surface area (Å²) in [4.78, 5) is 21.8. The maximum Gasteiger partial charge on any atom is 0.248 e. The lowest BCUT2D eigenvalue weighted by Gasteiger charge is -2.33. The number of halogens is 2. The van der Waals surface area contributed by atoms with E-state index in [2.05, 4.69) is 0 Å². The molecule has 0 heterocycles. The lowest BCUT2D eigenvalue weighted by molar-refractivity contribution is -0.141. The van der Waals surface area contributed by atoms with Crippen molar-refractivity contribution in [1.29, 1.82) is 0 Å². The van der Waals surface area contributed by atoms with E-state index in [1.165, 1.54) is 6.92 Å². The monoisotopic (exact) mass is 190 g/mol. The minimum Gasteiger partial charge on any atom is -0.302 e. The molecule has 2 nitrogen and oxygen atoms in total. The zero-order valence-electron chi connectivity index (χ0n) is 7.48. The summed E-state index contributed by atoms with van der Waals surface area (Å²) in [5, 5.41) is 0. The Labute approximate surface area is 75.3 Å². The number of alkyl halides is 2. The van der Waals surface area contributed by atoms with Gasteiger partial charge in [0.05, 0.1) is 5.41 Å². The van der Waals surface area contributed by atoms with Crippen molar-refractivity contribution in [3.05, 3.63) is 0 Å². The molecule has 1 saturated carbocycles. The van der Waals surface area contributed by atoms with Crippen molar-refractivity contribution in [2.45, 2.75) is 38.5 Å². The van der Waals surface area contributed by atoms with E-state index >= 15 is 0 Å². The summed E-state index contributed by atoms with van der Waals surface area (Å²) < 4.78 is 25.4. The standard InChI is InChI=1S/C9H12F2O2/c1-7(13)8(6-12)2-4-9(10,11)5-3-8/h6H,2-5H2,1H3. The van der Waals surface area contributed by atoms with Crippen molar-refractivity contribution in [2.24, 2.45) is 5.41 Å². The average Bonchev–Trinajstić information content (AvgIpc) is 2.05. The molecular formula is C9H12F2O2. The first-order valence-corrected chi connectivity index (χ1v) is 4.27. The van der Waals surface area contributed by atoms with Gasteiger partial charge in [0.1, 0.15) is 12.1 Å². The van der Waals surface area contributed by atoms with Crippen molar-refractivity contribution in [3.63, 3.8) is 0 Å². The predicted octanol–water partition coefficient (Wildman–Crippen LogP) is 1.97.